The molecule has 0 bridgehead atoms. The SMILES string of the molecule is CO/N=C(/C1=NOCCO1)c1ccc(CCl)cc1. The average molecular weight is 269 g/mol. The normalized spacial score (nSPS) is 15.4. The molecule has 0 aliphatic carbocycles. The third-order valence-electron chi connectivity index (χ3n) is 2.33. The number of rotatable bonds is 4. The molecule has 6 heteroatoms. The standard InChI is InChI=1S/C12H13ClN2O3/c1-16-14-11(12-15-18-7-6-17-12)10-4-2-9(8-13)3-5-10/h2-5H,6-8H2,1H3/b14-11+. The summed E-state index contributed by atoms with van der Waals surface area (Å²) >= 11 is 5.75. The minimum absolute atomic E-state index is 0.321. The van der Waals surface area contributed by atoms with Crippen LogP contribution in [-0.2, 0) is 20.3 Å². The Balaban J connectivity index is 2.29. The van der Waals surface area contributed by atoms with Crippen molar-refractivity contribution in [3.8, 4) is 0 Å². The molecule has 1 aliphatic heterocycles. The molecule has 2 rings (SSSR count). The van der Waals surface area contributed by atoms with Crippen LogP contribution in [0.4, 0.5) is 0 Å². The van der Waals surface area contributed by atoms with Crippen LogP contribution in [0.5, 0.6) is 0 Å². The lowest BCUT2D eigenvalue weighted by Crippen LogP contribution is -2.25. The summed E-state index contributed by atoms with van der Waals surface area (Å²) in [6, 6.07) is 7.60. The highest BCUT2D eigenvalue weighted by molar-refractivity contribution is 6.45. The van der Waals surface area contributed by atoms with Crippen LogP contribution < -0.4 is 0 Å². The molecule has 0 amide bonds. The molecule has 1 aromatic rings. The summed E-state index contributed by atoms with van der Waals surface area (Å²) < 4.78 is 5.39. The Hall–Kier alpha value is -1.75. The van der Waals surface area contributed by atoms with E-state index in [1.807, 2.05) is 24.3 Å². The van der Waals surface area contributed by atoms with E-state index in [0.29, 0.717) is 30.7 Å². The number of oxime groups is 2. The van der Waals surface area contributed by atoms with E-state index in [4.69, 9.17) is 26.0 Å². The summed E-state index contributed by atoms with van der Waals surface area (Å²) in [5, 5.41) is 7.75. The Morgan fingerprint density at radius 1 is 1.39 bits per heavy atom. The Morgan fingerprint density at radius 2 is 2.17 bits per heavy atom. The van der Waals surface area contributed by atoms with Crippen molar-refractivity contribution in [3.05, 3.63) is 35.4 Å². The third-order valence-corrected chi connectivity index (χ3v) is 2.64. The molecule has 0 saturated carbocycles. The van der Waals surface area contributed by atoms with Gasteiger partial charge in [-0.2, -0.15) is 0 Å². The van der Waals surface area contributed by atoms with Crippen molar-refractivity contribution < 1.29 is 14.4 Å². The number of halogens is 1. The van der Waals surface area contributed by atoms with Crippen LogP contribution in [-0.4, -0.2) is 31.9 Å². The van der Waals surface area contributed by atoms with Gasteiger partial charge in [0.15, 0.2) is 12.3 Å². The molecular weight excluding hydrogens is 256 g/mol. The first kappa shape index (κ1) is 12.7. The number of ether oxygens (including phenoxy) is 1. The van der Waals surface area contributed by atoms with E-state index >= 15 is 0 Å². The summed E-state index contributed by atoms with van der Waals surface area (Å²) in [4.78, 5) is 9.79. The zero-order valence-corrected chi connectivity index (χ0v) is 10.7. The van der Waals surface area contributed by atoms with E-state index in [1.165, 1.54) is 7.11 Å². The van der Waals surface area contributed by atoms with Gasteiger partial charge in [0.05, 0.1) is 0 Å². The molecular formula is C12H13ClN2O3. The topological polar surface area (TPSA) is 52.4 Å². The van der Waals surface area contributed by atoms with Gasteiger partial charge in [0.2, 0.25) is 0 Å². The molecule has 1 heterocycles. The van der Waals surface area contributed by atoms with Crippen LogP contribution in [0.1, 0.15) is 11.1 Å². The van der Waals surface area contributed by atoms with E-state index in [-0.39, 0.29) is 0 Å². The second-order valence-corrected chi connectivity index (χ2v) is 3.80. The average Bonchev–Trinajstić information content (AvgIpc) is 2.46. The lowest BCUT2D eigenvalue weighted by Gasteiger charge is -2.14. The van der Waals surface area contributed by atoms with Gasteiger partial charge in [-0.05, 0) is 10.7 Å². The lowest BCUT2D eigenvalue weighted by molar-refractivity contribution is 0.0672. The van der Waals surface area contributed by atoms with E-state index < -0.39 is 0 Å². The fraction of sp³-hybridized carbons (Fsp3) is 0.333. The van der Waals surface area contributed by atoms with Gasteiger partial charge in [-0.25, -0.2) is 0 Å². The van der Waals surface area contributed by atoms with E-state index in [1.54, 1.807) is 0 Å². The highest BCUT2D eigenvalue weighted by atomic mass is 35.5. The predicted molar refractivity (Wildman–Crippen MR) is 68.9 cm³/mol. The minimum Gasteiger partial charge on any atom is -0.470 e. The maximum Gasteiger partial charge on any atom is 0.280 e. The van der Waals surface area contributed by atoms with Gasteiger partial charge in [0.1, 0.15) is 13.7 Å². The van der Waals surface area contributed by atoms with Crippen LogP contribution in [0.3, 0.4) is 0 Å². The largest absolute Gasteiger partial charge is 0.470 e. The molecule has 18 heavy (non-hydrogen) atoms. The number of benzene rings is 1. The van der Waals surface area contributed by atoms with Crippen molar-refractivity contribution in [2.45, 2.75) is 5.88 Å². The van der Waals surface area contributed by atoms with Crippen molar-refractivity contribution in [2.75, 3.05) is 20.3 Å². The van der Waals surface area contributed by atoms with Gasteiger partial charge in [0.25, 0.3) is 5.90 Å². The van der Waals surface area contributed by atoms with E-state index in [2.05, 4.69) is 10.3 Å². The van der Waals surface area contributed by atoms with Crippen molar-refractivity contribution in [1.82, 2.24) is 0 Å². The third kappa shape index (κ3) is 2.92. The number of hydrogen-bond donors (Lipinski definition) is 0. The molecule has 0 atom stereocenters. The quantitative estimate of drug-likeness (QED) is 0.478. The highest BCUT2D eigenvalue weighted by Gasteiger charge is 2.18. The second kappa shape index (κ2) is 6.26. The summed E-state index contributed by atoms with van der Waals surface area (Å²) in [5.74, 6) is 0.791. The maximum absolute atomic E-state index is 5.75. The molecule has 96 valence electrons. The minimum atomic E-state index is 0.321. The van der Waals surface area contributed by atoms with Crippen LogP contribution in [0.15, 0.2) is 34.6 Å². The van der Waals surface area contributed by atoms with Gasteiger partial charge >= 0.3 is 0 Å². The van der Waals surface area contributed by atoms with Gasteiger partial charge in [-0.1, -0.05) is 29.4 Å². The molecule has 0 radical (unpaired) electrons. The molecule has 0 unspecified atom stereocenters. The van der Waals surface area contributed by atoms with Crippen LogP contribution in [0.2, 0.25) is 0 Å². The number of alkyl halides is 1. The highest BCUT2D eigenvalue weighted by Crippen LogP contribution is 2.11. The molecule has 0 saturated heterocycles. The lowest BCUT2D eigenvalue weighted by atomic mass is 10.1. The fourth-order valence-corrected chi connectivity index (χ4v) is 1.65. The first-order valence-electron chi connectivity index (χ1n) is 5.44. The summed E-state index contributed by atoms with van der Waals surface area (Å²) in [6.45, 7) is 0.885. The number of hydrogen-bond acceptors (Lipinski definition) is 5. The fourth-order valence-electron chi connectivity index (χ4n) is 1.48. The van der Waals surface area contributed by atoms with Crippen LogP contribution >= 0.6 is 11.6 Å². The zero-order chi connectivity index (χ0) is 12.8. The van der Waals surface area contributed by atoms with E-state index in [9.17, 15) is 0 Å². The Kier molecular flexibility index (Phi) is 4.41. The summed E-state index contributed by atoms with van der Waals surface area (Å²) in [5.41, 5.74) is 2.35. The van der Waals surface area contributed by atoms with Crippen LogP contribution in [0.25, 0.3) is 0 Å². The van der Waals surface area contributed by atoms with Gasteiger partial charge in [-0.15, -0.1) is 11.6 Å². The second-order valence-electron chi connectivity index (χ2n) is 3.53. The molecule has 5 nitrogen and oxygen atoms in total. The zero-order valence-electron chi connectivity index (χ0n) is 9.93. The molecule has 1 aromatic carbocycles. The van der Waals surface area contributed by atoms with Crippen LogP contribution in [0, 0.1) is 0 Å². The summed E-state index contributed by atoms with van der Waals surface area (Å²) in [7, 11) is 1.47. The Labute approximate surface area is 110 Å². The predicted octanol–water partition coefficient (Wildman–Crippen LogP) is 2.14. The summed E-state index contributed by atoms with van der Waals surface area (Å²) in [6.07, 6.45) is 0. The molecule has 1 aliphatic rings. The van der Waals surface area contributed by atoms with E-state index in [0.717, 1.165) is 11.1 Å². The van der Waals surface area contributed by atoms with Crippen molar-refractivity contribution in [3.63, 3.8) is 0 Å². The first-order chi connectivity index (χ1) is 8.85. The Bertz CT molecular complexity index is 457. The molecule has 0 N–H and O–H groups in total. The van der Waals surface area contributed by atoms with Gasteiger partial charge < -0.3 is 14.4 Å². The molecule has 0 fully saturated rings. The van der Waals surface area contributed by atoms with Crippen molar-refractivity contribution >= 4 is 23.2 Å². The Morgan fingerprint density at radius 3 is 2.72 bits per heavy atom. The molecule has 0 spiro atoms. The number of nitrogens with zero attached hydrogens (tertiary/aromatic N) is 2. The maximum atomic E-state index is 5.75. The van der Waals surface area contributed by atoms with Gasteiger partial charge in [-0.3, -0.25) is 0 Å². The monoisotopic (exact) mass is 268 g/mol. The first-order valence-corrected chi connectivity index (χ1v) is 5.98. The van der Waals surface area contributed by atoms with Gasteiger partial charge in [0, 0.05) is 11.4 Å². The smallest absolute Gasteiger partial charge is 0.280 e. The molecule has 0 aromatic heterocycles. The van der Waals surface area contributed by atoms with Crippen molar-refractivity contribution in [1.29, 1.82) is 0 Å². The van der Waals surface area contributed by atoms with Crippen molar-refractivity contribution in [2.24, 2.45) is 10.3 Å².